The summed E-state index contributed by atoms with van der Waals surface area (Å²) in [5, 5.41) is 3.04. The third-order valence-corrected chi connectivity index (χ3v) is 13.0. The molecule has 0 unspecified atom stereocenters. The van der Waals surface area contributed by atoms with Crippen molar-refractivity contribution in [2.24, 2.45) is 0 Å². The third kappa shape index (κ3) is 17.5. The molecule has 312 valence electrons. The van der Waals surface area contributed by atoms with Gasteiger partial charge in [-0.3, -0.25) is 0 Å². The molecule has 0 aliphatic heterocycles. The fraction of sp³-hybridized carbons (Fsp3) is 0.583. The Morgan fingerprint density at radius 3 is 0.912 bits per heavy atom. The Hall–Kier alpha value is -1.52. The van der Waals surface area contributed by atoms with Crippen LogP contribution >= 0.6 is 0 Å². The molecule has 0 aliphatic carbocycles. The van der Waals surface area contributed by atoms with E-state index >= 15 is 0 Å². The van der Waals surface area contributed by atoms with Gasteiger partial charge in [0.15, 0.2) is 0 Å². The van der Waals surface area contributed by atoms with Gasteiger partial charge < -0.3 is 9.11 Å². The molecule has 0 aliphatic rings. The molecule has 0 bridgehead atoms. The van der Waals surface area contributed by atoms with Crippen molar-refractivity contribution in [2.45, 2.75) is 192 Å². The van der Waals surface area contributed by atoms with E-state index in [1.165, 1.54) is 77.0 Å². The SMILES string of the molecule is CCCCCCCc1ccc2c(CCCCCCC)cccc2c1S(=O)(=O)[O-].CCCCCCCc1ccc2c(CCCCCCC)cccc2c1S(=O)(=O)[O-].[Ca+2]. The topological polar surface area (TPSA) is 114 Å². The van der Waals surface area contributed by atoms with Gasteiger partial charge >= 0.3 is 37.7 Å². The van der Waals surface area contributed by atoms with Crippen molar-refractivity contribution in [1.29, 1.82) is 0 Å². The van der Waals surface area contributed by atoms with Gasteiger partial charge in [0.25, 0.3) is 0 Å². The zero-order valence-electron chi connectivity index (χ0n) is 35.7. The fourth-order valence-electron chi connectivity index (χ4n) is 7.98. The molecule has 4 aromatic carbocycles. The van der Waals surface area contributed by atoms with Crippen LogP contribution in [0.5, 0.6) is 0 Å². The van der Waals surface area contributed by atoms with Crippen molar-refractivity contribution in [1.82, 2.24) is 0 Å². The van der Waals surface area contributed by atoms with E-state index in [1.807, 2.05) is 36.4 Å². The predicted octanol–water partition coefficient (Wildman–Crippen LogP) is 13.2. The van der Waals surface area contributed by atoms with Gasteiger partial charge in [0, 0.05) is 0 Å². The molecule has 0 saturated carbocycles. The fourth-order valence-corrected chi connectivity index (χ4v) is 9.85. The second kappa shape index (κ2) is 28.1. The van der Waals surface area contributed by atoms with Crippen molar-refractivity contribution in [2.75, 3.05) is 0 Å². The van der Waals surface area contributed by atoms with Gasteiger partial charge in [-0.2, -0.15) is 0 Å². The van der Waals surface area contributed by atoms with Crippen LogP contribution in [0.15, 0.2) is 70.5 Å². The average Bonchev–Trinajstić information content (AvgIpc) is 3.16. The summed E-state index contributed by atoms with van der Waals surface area (Å²) >= 11 is 0. The van der Waals surface area contributed by atoms with E-state index in [4.69, 9.17) is 0 Å². The smallest absolute Gasteiger partial charge is 0.744 e. The van der Waals surface area contributed by atoms with Crippen LogP contribution in [0.25, 0.3) is 21.5 Å². The first-order valence-electron chi connectivity index (χ1n) is 22.0. The zero-order valence-corrected chi connectivity index (χ0v) is 39.6. The molecule has 0 amide bonds. The van der Waals surface area contributed by atoms with Gasteiger partial charge in [0.2, 0.25) is 0 Å². The Bertz CT molecular complexity index is 1830. The van der Waals surface area contributed by atoms with Crippen LogP contribution in [-0.2, 0) is 45.9 Å². The molecule has 4 rings (SSSR count). The molecule has 6 nitrogen and oxygen atoms in total. The molecule has 0 fully saturated rings. The molecule has 0 N–H and O–H groups in total. The summed E-state index contributed by atoms with van der Waals surface area (Å²) in [5.74, 6) is 0. The molecule has 57 heavy (non-hydrogen) atoms. The number of aryl methyl sites for hydroxylation is 4. The average molecular weight is 847 g/mol. The van der Waals surface area contributed by atoms with Crippen molar-refractivity contribution >= 4 is 79.5 Å². The Morgan fingerprint density at radius 2 is 0.632 bits per heavy atom. The molecule has 0 heterocycles. The normalized spacial score (nSPS) is 11.8. The molecule has 0 saturated heterocycles. The van der Waals surface area contributed by atoms with Crippen LogP contribution in [-0.4, -0.2) is 63.7 Å². The van der Waals surface area contributed by atoms with Crippen LogP contribution in [0.4, 0.5) is 0 Å². The molecule has 0 spiro atoms. The summed E-state index contributed by atoms with van der Waals surface area (Å²) in [5.41, 5.74) is 3.65. The second-order valence-electron chi connectivity index (χ2n) is 15.7. The van der Waals surface area contributed by atoms with Crippen LogP contribution in [0.2, 0.25) is 0 Å². The Labute approximate surface area is 376 Å². The first-order chi connectivity index (χ1) is 27.0. The summed E-state index contributed by atoms with van der Waals surface area (Å²) in [7, 11) is -9.01. The van der Waals surface area contributed by atoms with Gasteiger partial charge in [0.1, 0.15) is 20.2 Å². The Morgan fingerprint density at radius 1 is 0.351 bits per heavy atom. The minimum Gasteiger partial charge on any atom is -0.744 e. The molecule has 0 aromatic heterocycles. The summed E-state index contributed by atoms with van der Waals surface area (Å²) in [6.07, 6.45) is 26.2. The van der Waals surface area contributed by atoms with Gasteiger partial charge in [-0.25, -0.2) is 16.8 Å². The molecular weight excluding hydrogens is 777 g/mol. The number of hydrogen-bond acceptors (Lipinski definition) is 6. The largest absolute Gasteiger partial charge is 2.00 e. The minimum absolute atomic E-state index is 0. The Balaban J connectivity index is 0.000000387. The monoisotopic (exact) mass is 846 g/mol. The molecule has 9 heteroatoms. The van der Waals surface area contributed by atoms with E-state index in [0.29, 0.717) is 34.7 Å². The molecule has 4 aromatic rings. The van der Waals surface area contributed by atoms with Crippen molar-refractivity contribution in [3.8, 4) is 0 Å². The van der Waals surface area contributed by atoms with Crippen molar-refractivity contribution in [3.63, 3.8) is 0 Å². The number of rotatable bonds is 26. The number of unbranched alkanes of at least 4 members (excludes halogenated alkanes) is 16. The quantitative estimate of drug-likeness (QED) is 0.0353. The van der Waals surface area contributed by atoms with Gasteiger partial charge in [-0.15, -0.1) is 0 Å². The van der Waals surface area contributed by atoms with E-state index in [-0.39, 0.29) is 47.5 Å². The maximum atomic E-state index is 12.1. The number of hydrogen-bond donors (Lipinski definition) is 0. The first kappa shape index (κ1) is 51.6. The van der Waals surface area contributed by atoms with E-state index < -0.39 is 20.2 Å². The van der Waals surface area contributed by atoms with Gasteiger partial charge in [0.05, 0.1) is 9.79 Å². The molecule has 0 radical (unpaired) electrons. The maximum absolute atomic E-state index is 12.1. The van der Waals surface area contributed by atoms with Crippen LogP contribution in [0, 0.1) is 0 Å². The predicted molar refractivity (Wildman–Crippen MR) is 239 cm³/mol. The Kier molecular flexibility index (Phi) is 25.4. The standard InChI is InChI=1S/2C24H36O3S.Ca/c2*1-3-5-7-9-11-14-20-16-13-17-23-22(20)19-18-21(24(23)28(25,26)27)15-12-10-8-6-4-2;/h2*13,16-19H,3-12,14-15H2,1-2H3,(H,25,26,27);/q;;+2/p-2. The molecule has 0 atom stereocenters. The number of fused-ring (bicyclic) bond motifs is 2. The first-order valence-corrected chi connectivity index (χ1v) is 24.8. The number of benzene rings is 4. The van der Waals surface area contributed by atoms with Crippen molar-refractivity contribution in [3.05, 3.63) is 82.9 Å². The van der Waals surface area contributed by atoms with Crippen LogP contribution in [0.1, 0.15) is 178 Å². The van der Waals surface area contributed by atoms with Gasteiger partial charge in [-0.1, -0.05) is 191 Å². The second-order valence-corrected chi connectivity index (χ2v) is 18.3. The van der Waals surface area contributed by atoms with Crippen LogP contribution in [0.3, 0.4) is 0 Å². The minimum atomic E-state index is -4.51. The van der Waals surface area contributed by atoms with E-state index in [0.717, 1.165) is 86.1 Å². The third-order valence-electron chi connectivity index (χ3n) is 11.1. The van der Waals surface area contributed by atoms with Crippen molar-refractivity contribution < 1.29 is 25.9 Å². The summed E-state index contributed by atoms with van der Waals surface area (Å²) < 4.78 is 72.5. The molecular formula is C48H70CaO6S2. The summed E-state index contributed by atoms with van der Waals surface area (Å²) in [6, 6.07) is 19.3. The summed E-state index contributed by atoms with van der Waals surface area (Å²) in [4.78, 5) is 0.0154. The summed E-state index contributed by atoms with van der Waals surface area (Å²) in [6.45, 7) is 8.76. The van der Waals surface area contributed by atoms with Gasteiger partial charge in [-0.05, 0) is 95.2 Å². The van der Waals surface area contributed by atoms with E-state index in [2.05, 4.69) is 39.8 Å². The van der Waals surface area contributed by atoms with E-state index in [9.17, 15) is 25.9 Å². The van der Waals surface area contributed by atoms with Crippen LogP contribution < -0.4 is 0 Å². The maximum Gasteiger partial charge on any atom is 2.00 e. The zero-order chi connectivity index (χ0) is 40.8. The van der Waals surface area contributed by atoms with E-state index in [1.54, 1.807) is 12.1 Å².